The predicted molar refractivity (Wildman–Crippen MR) is 46.3 cm³/mol. The maximum atomic E-state index is 10.2. The van der Waals surface area contributed by atoms with Gasteiger partial charge in [-0.25, -0.2) is 9.59 Å². The van der Waals surface area contributed by atoms with E-state index in [9.17, 15) is 9.59 Å². The van der Waals surface area contributed by atoms with E-state index < -0.39 is 24.5 Å². The summed E-state index contributed by atoms with van der Waals surface area (Å²) in [6, 6.07) is 0. The van der Waals surface area contributed by atoms with E-state index in [4.69, 9.17) is 10.2 Å². The Labute approximate surface area is 80.7 Å². The van der Waals surface area contributed by atoms with Crippen molar-refractivity contribution in [3.05, 3.63) is 12.7 Å². The fraction of sp³-hybridized carbons (Fsp3) is 0.500. The summed E-state index contributed by atoms with van der Waals surface area (Å²) >= 11 is 0. The first-order valence-electron chi connectivity index (χ1n) is 3.93. The lowest BCUT2D eigenvalue weighted by Gasteiger charge is -2.20. The summed E-state index contributed by atoms with van der Waals surface area (Å²) in [6.45, 7) is 4.98. The SMILES string of the molecule is C=CC(OC(=O)O)C(CC)OC(=O)O. The molecule has 0 radical (unpaired) electrons. The van der Waals surface area contributed by atoms with Gasteiger partial charge in [0.25, 0.3) is 0 Å². The first-order chi connectivity index (χ1) is 6.51. The van der Waals surface area contributed by atoms with Crippen LogP contribution in [-0.2, 0) is 9.47 Å². The summed E-state index contributed by atoms with van der Waals surface area (Å²) in [7, 11) is 0. The second kappa shape index (κ2) is 5.85. The Hall–Kier alpha value is -1.72. The topological polar surface area (TPSA) is 93.1 Å². The molecule has 0 aromatic rings. The zero-order valence-electron chi connectivity index (χ0n) is 7.67. The Bertz CT molecular complexity index is 224. The number of ether oxygens (including phenoxy) is 2. The lowest BCUT2D eigenvalue weighted by Crippen LogP contribution is -2.32. The minimum atomic E-state index is -1.50. The Morgan fingerprint density at radius 3 is 2.14 bits per heavy atom. The standard InChI is InChI=1S/C8H12O6/c1-3-5(13-7(9)10)6(4-2)14-8(11)12/h3,5-6H,1,4H2,2H3,(H,9,10)(H,11,12). The van der Waals surface area contributed by atoms with Gasteiger partial charge in [-0.2, -0.15) is 0 Å². The van der Waals surface area contributed by atoms with Crippen molar-refractivity contribution >= 4 is 12.3 Å². The van der Waals surface area contributed by atoms with Crippen molar-refractivity contribution in [2.24, 2.45) is 0 Å². The van der Waals surface area contributed by atoms with E-state index in [1.165, 1.54) is 6.08 Å². The summed E-state index contributed by atoms with van der Waals surface area (Å²) in [5, 5.41) is 16.7. The number of carbonyl (C=O) groups is 2. The van der Waals surface area contributed by atoms with Crippen LogP contribution in [0.25, 0.3) is 0 Å². The van der Waals surface area contributed by atoms with Crippen LogP contribution >= 0.6 is 0 Å². The molecule has 0 saturated carbocycles. The molecule has 14 heavy (non-hydrogen) atoms. The Balaban J connectivity index is 4.35. The van der Waals surface area contributed by atoms with Crippen LogP contribution in [0.3, 0.4) is 0 Å². The summed E-state index contributed by atoms with van der Waals surface area (Å²) in [6.07, 6.45) is -3.32. The fourth-order valence-corrected chi connectivity index (χ4v) is 0.904. The fourth-order valence-electron chi connectivity index (χ4n) is 0.904. The summed E-state index contributed by atoms with van der Waals surface area (Å²) in [5.74, 6) is 0. The maximum absolute atomic E-state index is 10.2. The minimum absolute atomic E-state index is 0.302. The molecule has 0 saturated heterocycles. The summed E-state index contributed by atoms with van der Waals surface area (Å²) < 4.78 is 8.77. The number of carboxylic acid groups (broad SMARTS) is 2. The van der Waals surface area contributed by atoms with E-state index >= 15 is 0 Å². The largest absolute Gasteiger partial charge is 0.506 e. The quantitative estimate of drug-likeness (QED) is 0.523. The molecule has 0 bridgehead atoms. The van der Waals surface area contributed by atoms with Crippen molar-refractivity contribution < 1.29 is 29.3 Å². The second-order valence-electron chi connectivity index (χ2n) is 2.41. The molecule has 0 aromatic heterocycles. The van der Waals surface area contributed by atoms with Gasteiger partial charge in [0.1, 0.15) is 6.10 Å². The second-order valence-corrected chi connectivity index (χ2v) is 2.41. The molecule has 0 fully saturated rings. The number of hydrogen-bond donors (Lipinski definition) is 2. The van der Waals surface area contributed by atoms with E-state index in [0.29, 0.717) is 6.42 Å². The lowest BCUT2D eigenvalue weighted by atomic mass is 10.1. The molecule has 2 unspecified atom stereocenters. The molecule has 0 aliphatic heterocycles. The Kier molecular flexibility index (Phi) is 5.13. The van der Waals surface area contributed by atoms with Gasteiger partial charge >= 0.3 is 12.3 Å². The molecule has 0 rings (SSSR count). The van der Waals surface area contributed by atoms with Gasteiger partial charge < -0.3 is 19.7 Å². The third-order valence-corrected chi connectivity index (χ3v) is 1.49. The third kappa shape index (κ3) is 4.34. The highest BCUT2D eigenvalue weighted by Gasteiger charge is 2.24. The van der Waals surface area contributed by atoms with Crippen LogP contribution in [0, 0.1) is 0 Å². The first kappa shape index (κ1) is 12.3. The molecule has 0 heterocycles. The van der Waals surface area contributed by atoms with Crippen molar-refractivity contribution in [2.75, 3.05) is 0 Å². The van der Waals surface area contributed by atoms with Gasteiger partial charge in [-0.05, 0) is 12.5 Å². The van der Waals surface area contributed by atoms with Crippen LogP contribution in [0.2, 0.25) is 0 Å². The van der Waals surface area contributed by atoms with Crippen LogP contribution in [-0.4, -0.2) is 34.7 Å². The van der Waals surface area contributed by atoms with E-state index in [2.05, 4.69) is 16.1 Å². The average Bonchev–Trinajstić information content (AvgIpc) is 2.10. The van der Waals surface area contributed by atoms with Crippen LogP contribution in [0.5, 0.6) is 0 Å². The molecule has 6 nitrogen and oxygen atoms in total. The predicted octanol–water partition coefficient (Wildman–Crippen LogP) is 1.71. The highest BCUT2D eigenvalue weighted by atomic mass is 16.7. The van der Waals surface area contributed by atoms with Crippen LogP contribution in [0.15, 0.2) is 12.7 Å². The first-order valence-corrected chi connectivity index (χ1v) is 3.93. The molecule has 80 valence electrons. The van der Waals surface area contributed by atoms with Gasteiger partial charge in [0.15, 0.2) is 6.10 Å². The molecular weight excluding hydrogens is 192 g/mol. The highest BCUT2D eigenvalue weighted by molar-refractivity contribution is 5.58. The monoisotopic (exact) mass is 204 g/mol. The number of hydrogen-bond acceptors (Lipinski definition) is 4. The molecule has 0 spiro atoms. The lowest BCUT2D eigenvalue weighted by molar-refractivity contribution is -0.0233. The molecule has 2 atom stereocenters. The van der Waals surface area contributed by atoms with Crippen molar-refractivity contribution in [1.82, 2.24) is 0 Å². The van der Waals surface area contributed by atoms with Crippen LogP contribution in [0.4, 0.5) is 9.59 Å². The summed E-state index contributed by atoms with van der Waals surface area (Å²) in [5.41, 5.74) is 0. The number of rotatable bonds is 5. The van der Waals surface area contributed by atoms with Crippen molar-refractivity contribution in [2.45, 2.75) is 25.6 Å². The van der Waals surface area contributed by atoms with Gasteiger partial charge in [-0.15, -0.1) is 0 Å². The Morgan fingerprint density at radius 1 is 1.36 bits per heavy atom. The van der Waals surface area contributed by atoms with Crippen LogP contribution in [0.1, 0.15) is 13.3 Å². The van der Waals surface area contributed by atoms with Crippen molar-refractivity contribution in [1.29, 1.82) is 0 Å². The van der Waals surface area contributed by atoms with Gasteiger partial charge in [0, 0.05) is 0 Å². The highest BCUT2D eigenvalue weighted by Crippen LogP contribution is 2.10. The zero-order chi connectivity index (χ0) is 11.1. The summed E-state index contributed by atoms with van der Waals surface area (Å²) in [4.78, 5) is 20.4. The molecule has 0 aliphatic rings. The molecule has 2 N–H and O–H groups in total. The molecule has 6 heteroatoms. The third-order valence-electron chi connectivity index (χ3n) is 1.49. The molecular formula is C8H12O6. The zero-order valence-corrected chi connectivity index (χ0v) is 7.67. The van der Waals surface area contributed by atoms with Gasteiger partial charge in [0.2, 0.25) is 0 Å². The normalized spacial score (nSPS) is 13.8. The van der Waals surface area contributed by atoms with Gasteiger partial charge in [-0.3, -0.25) is 0 Å². The van der Waals surface area contributed by atoms with Crippen LogP contribution < -0.4 is 0 Å². The van der Waals surface area contributed by atoms with Crippen molar-refractivity contribution in [3.8, 4) is 0 Å². The molecule has 0 aromatic carbocycles. The average molecular weight is 204 g/mol. The molecule has 0 aliphatic carbocycles. The van der Waals surface area contributed by atoms with E-state index in [1.54, 1.807) is 6.92 Å². The minimum Gasteiger partial charge on any atom is -0.450 e. The van der Waals surface area contributed by atoms with Gasteiger partial charge in [-0.1, -0.05) is 13.5 Å². The maximum Gasteiger partial charge on any atom is 0.506 e. The Morgan fingerprint density at radius 2 is 1.86 bits per heavy atom. The van der Waals surface area contributed by atoms with Gasteiger partial charge in [0.05, 0.1) is 0 Å². The van der Waals surface area contributed by atoms with E-state index in [-0.39, 0.29) is 0 Å². The smallest absolute Gasteiger partial charge is 0.450 e. The van der Waals surface area contributed by atoms with E-state index in [1.807, 2.05) is 0 Å². The van der Waals surface area contributed by atoms with E-state index in [0.717, 1.165) is 0 Å². The van der Waals surface area contributed by atoms with Crippen molar-refractivity contribution in [3.63, 3.8) is 0 Å². The molecule has 0 amide bonds.